The Labute approximate surface area is 129 Å². The van der Waals surface area contributed by atoms with E-state index >= 15 is 0 Å². The van der Waals surface area contributed by atoms with Crippen LogP contribution in [0.15, 0.2) is 30.3 Å². The van der Waals surface area contributed by atoms with Crippen LogP contribution in [0.3, 0.4) is 0 Å². The third-order valence-electron chi connectivity index (χ3n) is 2.11. The second kappa shape index (κ2) is 5.77. The Kier molecular flexibility index (Phi) is 4.52. The normalized spacial score (nSPS) is 10.5. The van der Waals surface area contributed by atoms with Gasteiger partial charge in [0.15, 0.2) is 5.75 Å². The number of halogens is 5. The summed E-state index contributed by atoms with van der Waals surface area (Å²) in [6.45, 7) is 0. The Hall–Kier alpha value is -0.310. The second-order valence-electron chi connectivity index (χ2n) is 3.35. The highest BCUT2D eigenvalue weighted by Crippen LogP contribution is 2.42. The minimum Gasteiger partial charge on any atom is -0.453 e. The van der Waals surface area contributed by atoms with Crippen molar-refractivity contribution in [2.24, 2.45) is 0 Å². The summed E-state index contributed by atoms with van der Waals surface area (Å²) in [7, 11) is 0. The molecule has 0 unspecified atom stereocenters. The zero-order valence-electron chi connectivity index (χ0n) is 8.68. The quantitative estimate of drug-likeness (QED) is 0.549. The van der Waals surface area contributed by atoms with E-state index in [1.807, 2.05) is 0 Å². The summed E-state index contributed by atoms with van der Waals surface area (Å²) >= 11 is 29.8. The van der Waals surface area contributed by atoms with Gasteiger partial charge in [-0.25, -0.2) is 0 Å². The lowest BCUT2D eigenvalue weighted by Gasteiger charge is -2.11. The standard InChI is InChI=1S/C12H5Cl5O/c13-6-1-2-7(14)10(5-6)18-12-9(16)4-3-8(15)11(12)17/h1-5H. The zero-order chi connectivity index (χ0) is 13.3. The predicted molar refractivity (Wildman–Crippen MR) is 78.0 cm³/mol. The number of rotatable bonds is 2. The van der Waals surface area contributed by atoms with Gasteiger partial charge in [0, 0.05) is 11.1 Å². The molecule has 0 N–H and O–H groups in total. The maximum Gasteiger partial charge on any atom is 0.166 e. The monoisotopic (exact) mass is 340 g/mol. The molecular formula is C12H5Cl5O. The van der Waals surface area contributed by atoms with E-state index in [0.29, 0.717) is 25.8 Å². The van der Waals surface area contributed by atoms with Gasteiger partial charge in [0.1, 0.15) is 10.8 Å². The van der Waals surface area contributed by atoms with Crippen LogP contribution in [0.5, 0.6) is 11.5 Å². The molecule has 0 aromatic heterocycles. The Balaban J connectivity index is 2.46. The predicted octanol–water partition coefficient (Wildman–Crippen LogP) is 6.75. The molecule has 0 aliphatic rings. The minimum absolute atomic E-state index is 0.222. The first-order valence-electron chi connectivity index (χ1n) is 4.75. The summed E-state index contributed by atoms with van der Waals surface area (Å²) in [5.74, 6) is 0.602. The Morgan fingerprint density at radius 1 is 0.722 bits per heavy atom. The van der Waals surface area contributed by atoms with Crippen molar-refractivity contribution in [1.29, 1.82) is 0 Å². The average molecular weight is 342 g/mol. The van der Waals surface area contributed by atoms with E-state index in [1.165, 1.54) is 0 Å². The van der Waals surface area contributed by atoms with Crippen molar-refractivity contribution in [3.8, 4) is 11.5 Å². The summed E-state index contributed by atoms with van der Waals surface area (Å²) < 4.78 is 5.57. The highest BCUT2D eigenvalue weighted by molar-refractivity contribution is 6.44. The SMILES string of the molecule is Clc1ccc(Cl)c(Oc2c(Cl)ccc(Cl)c2Cl)c1. The smallest absolute Gasteiger partial charge is 0.166 e. The highest BCUT2D eigenvalue weighted by atomic mass is 35.5. The van der Waals surface area contributed by atoms with Gasteiger partial charge in [-0.15, -0.1) is 0 Å². The molecule has 6 heteroatoms. The van der Waals surface area contributed by atoms with Crippen molar-refractivity contribution in [3.63, 3.8) is 0 Å². The van der Waals surface area contributed by atoms with Crippen molar-refractivity contribution in [2.75, 3.05) is 0 Å². The Morgan fingerprint density at radius 2 is 1.33 bits per heavy atom. The molecule has 0 spiro atoms. The average Bonchev–Trinajstić information content (AvgIpc) is 2.34. The van der Waals surface area contributed by atoms with Crippen LogP contribution in [0.2, 0.25) is 25.1 Å². The van der Waals surface area contributed by atoms with Crippen molar-refractivity contribution in [2.45, 2.75) is 0 Å². The van der Waals surface area contributed by atoms with Gasteiger partial charge in [-0.3, -0.25) is 0 Å². The molecule has 2 aromatic carbocycles. The van der Waals surface area contributed by atoms with Gasteiger partial charge in [-0.2, -0.15) is 0 Å². The Bertz CT molecular complexity index is 597. The molecule has 18 heavy (non-hydrogen) atoms. The van der Waals surface area contributed by atoms with Gasteiger partial charge in [-0.1, -0.05) is 58.0 Å². The van der Waals surface area contributed by atoms with E-state index in [0.717, 1.165) is 0 Å². The van der Waals surface area contributed by atoms with Crippen LogP contribution < -0.4 is 4.74 Å². The lowest BCUT2D eigenvalue weighted by molar-refractivity contribution is 0.483. The maximum atomic E-state index is 6.02. The van der Waals surface area contributed by atoms with E-state index in [9.17, 15) is 0 Å². The van der Waals surface area contributed by atoms with Crippen LogP contribution in [0.1, 0.15) is 0 Å². The molecule has 2 aromatic rings. The fraction of sp³-hybridized carbons (Fsp3) is 0. The molecule has 0 saturated heterocycles. The van der Waals surface area contributed by atoms with Crippen LogP contribution in [0.25, 0.3) is 0 Å². The third-order valence-corrected chi connectivity index (χ3v) is 3.74. The van der Waals surface area contributed by atoms with Crippen molar-refractivity contribution in [3.05, 3.63) is 55.4 Å². The first-order chi connectivity index (χ1) is 8.49. The van der Waals surface area contributed by atoms with Gasteiger partial charge >= 0.3 is 0 Å². The van der Waals surface area contributed by atoms with Crippen LogP contribution >= 0.6 is 58.0 Å². The van der Waals surface area contributed by atoms with Crippen molar-refractivity contribution >= 4 is 58.0 Å². The summed E-state index contributed by atoms with van der Waals surface area (Å²) in [5, 5.41) is 1.78. The van der Waals surface area contributed by atoms with E-state index in [-0.39, 0.29) is 10.8 Å². The van der Waals surface area contributed by atoms with E-state index in [2.05, 4.69) is 0 Å². The summed E-state index contributed by atoms with van der Waals surface area (Å²) in [5.41, 5.74) is 0. The molecule has 0 heterocycles. The van der Waals surface area contributed by atoms with Crippen molar-refractivity contribution < 1.29 is 4.74 Å². The summed E-state index contributed by atoms with van der Waals surface area (Å²) in [4.78, 5) is 0. The van der Waals surface area contributed by atoms with Gasteiger partial charge < -0.3 is 4.74 Å². The lowest BCUT2D eigenvalue weighted by Crippen LogP contribution is -1.88. The molecule has 0 aliphatic carbocycles. The largest absolute Gasteiger partial charge is 0.453 e. The first kappa shape index (κ1) is 14.1. The van der Waals surface area contributed by atoms with Gasteiger partial charge in [0.25, 0.3) is 0 Å². The fourth-order valence-corrected chi connectivity index (χ4v) is 2.18. The Morgan fingerprint density at radius 3 is 2.06 bits per heavy atom. The van der Waals surface area contributed by atoms with E-state index < -0.39 is 0 Å². The number of hydrogen-bond acceptors (Lipinski definition) is 1. The molecule has 94 valence electrons. The van der Waals surface area contributed by atoms with Crippen LogP contribution in [-0.4, -0.2) is 0 Å². The molecule has 1 nitrogen and oxygen atoms in total. The maximum absolute atomic E-state index is 6.02. The molecule has 0 fully saturated rings. The number of hydrogen-bond donors (Lipinski definition) is 0. The summed E-state index contributed by atoms with van der Waals surface area (Å²) in [6, 6.07) is 8.00. The van der Waals surface area contributed by atoms with Gasteiger partial charge in [0.2, 0.25) is 0 Å². The summed E-state index contributed by atoms with van der Waals surface area (Å²) in [6.07, 6.45) is 0. The highest BCUT2D eigenvalue weighted by Gasteiger charge is 2.13. The number of benzene rings is 2. The van der Waals surface area contributed by atoms with Crippen LogP contribution in [-0.2, 0) is 0 Å². The van der Waals surface area contributed by atoms with Crippen LogP contribution in [0.4, 0.5) is 0 Å². The molecular weight excluding hydrogens is 337 g/mol. The third kappa shape index (κ3) is 2.98. The topological polar surface area (TPSA) is 9.23 Å². The second-order valence-corrected chi connectivity index (χ2v) is 5.39. The molecule has 0 aliphatic heterocycles. The first-order valence-corrected chi connectivity index (χ1v) is 6.64. The fourth-order valence-electron chi connectivity index (χ4n) is 1.27. The molecule has 2 rings (SSSR count). The molecule has 0 amide bonds. The van der Waals surface area contributed by atoms with Crippen molar-refractivity contribution in [1.82, 2.24) is 0 Å². The lowest BCUT2D eigenvalue weighted by atomic mass is 10.3. The molecule has 0 radical (unpaired) electrons. The van der Waals surface area contributed by atoms with E-state index in [1.54, 1.807) is 30.3 Å². The minimum atomic E-state index is 0.222. The van der Waals surface area contributed by atoms with Gasteiger partial charge in [-0.05, 0) is 24.3 Å². The van der Waals surface area contributed by atoms with E-state index in [4.69, 9.17) is 62.7 Å². The molecule has 0 atom stereocenters. The molecule has 0 saturated carbocycles. The van der Waals surface area contributed by atoms with Crippen LogP contribution in [0, 0.1) is 0 Å². The van der Waals surface area contributed by atoms with Gasteiger partial charge in [0.05, 0.1) is 15.1 Å². The molecule has 0 bridgehead atoms. The number of ether oxygens (including phenoxy) is 1. The zero-order valence-corrected chi connectivity index (χ0v) is 12.5.